The fraction of sp³-hybridized carbons (Fsp3) is 0.0625. The molecular formula is C16H12ClNOS2. The van der Waals surface area contributed by atoms with E-state index in [1.807, 2.05) is 36.4 Å². The Morgan fingerprint density at radius 2 is 1.62 bits per heavy atom. The molecule has 0 saturated heterocycles. The van der Waals surface area contributed by atoms with Crippen molar-refractivity contribution in [1.29, 1.82) is 0 Å². The van der Waals surface area contributed by atoms with E-state index in [-0.39, 0.29) is 0 Å². The van der Waals surface area contributed by atoms with Gasteiger partial charge in [0.2, 0.25) is 0 Å². The molecule has 0 aliphatic carbocycles. The largest absolute Gasteiger partial charge is 0.429 e. The van der Waals surface area contributed by atoms with E-state index >= 15 is 0 Å². The maximum Gasteiger partial charge on any atom is 0.266 e. The molecule has 21 heavy (non-hydrogen) atoms. The van der Waals surface area contributed by atoms with Gasteiger partial charge in [0.15, 0.2) is 5.76 Å². The topological polar surface area (TPSA) is 28.9 Å². The summed E-state index contributed by atoms with van der Waals surface area (Å²) in [5.74, 6) is 0.745. The van der Waals surface area contributed by atoms with E-state index < -0.39 is 0 Å². The van der Waals surface area contributed by atoms with E-state index in [1.165, 1.54) is 4.90 Å². The zero-order valence-electron chi connectivity index (χ0n) is 11.2. The van der Waals surface area contributed by atoms with Gasteiger partial charge in [-0.1, -0.05) is 35.9 Å². The minimum absolute atomic E-state index is 0.365. The molecule has 0 saturated carbocycles. The van der Waals surface area contributed by atoms with Gasteiger partial charge in [0.1, 0.15) is 0 Å². The van der Waals surface area contributed by atoms with Gasteiger partial charge in [-0.05, 0) is 42.7 Å². The predicted molar refractivity (Wildman–Crippen MR) is 91.6 cm³/mol. The molecule has 5 heteroatoms. The van der Waals surface area contributed by atoms with E-state index in [2.05, 4.69) is 23.4 Å². The zero-order chi connectivity index (χ0) is 14.8. The monoisotopic (exact) mass is 333 g/mol. The molecular weight excluding hydrogens is 322 g/mol. The first-order chi connectivity index (χ1) is 10.2. The third-order valence-corrected chi connectivity index (χ3v) is 4.31. The molecule has 0 bridgehead atoms. The van der Waals surface area contributed by atoms with Crippen LogP contribution in [-0.2, 0) is 0 Å². The van der Waals surface area contributed by atoms with Crippen LogP contribution < -0.4 is 0 Å². The number of H-pyrrole nitrogens is 1. The number of oxazole rings is 1. The standard InChI is InChI=1S/C16H12ClNOS2/c1-21-13-8-4-11(5-9-13)15-14(18-16(20)19-15)10-2-6-12(17)7-3-10/h2-9H,1H3,(H,18,20). The van der Waals surface area contributed by atoms with Crippen LogP contribution in [0.4, 0.5) is 0 Å². The Bertz CT molecular complexity index is 804. The van der Waals surface area contributed by atoms with E-state index in [0.717, 1.165) is 22.6 Å². The summed E-state index contributed by atoms with van der Waals surface area (Å²) in [6, 6.07) is 15.8. The Hall–Kier alpha value is -1.49. The van der Waals surface area contributed by atoms with Crippen molar-refractivity contribution in [3.05, 3.63) is 58.4 Å². The molecule has 0 atom stereocenters. The van der Waals surface area contributed by atoms with Gasteiger partial charge in [-0.25, -0.2) is 0 Å². The van der Waals surface area contributed by atoms with Gasteiger partial charge in [-0.2, -0.15) is 0 Å². The molecule has 2 aromatic carbocycles. The highest BCUT2D eigenvalue weighted by Gasteiger charge is 2.13. The van der Waals surface area contributed by atoms with Crippen molar-refractivity contribution in [3.8, 4) is 22.6 Å². The molecule has 2 nitrogen and oxygen atoms in total. The number of aromatic amines is 1. The zero-order valence-corrected chi connectivity index (χ0v) is 13.6. The van der Waals surface area contributed by atoms with Gasteiger partial charge in [0, 0.05) is 21.0 Å². The number of hydrogen-bond donors (Lipinski definition) is 1. The molecule has 0 radical (unpaired) electrons. The highest BCUT2D eigenvalue weighted by molar-refractivity contribution is 7.98. The van der Waals surface area contributed by atoms with Gasteiger partial charge >= 0.3 is 0 Å². The highest BCUT2D eigenvalue weighted by atomic mass is 35.5. The Morgan fingerprint density at radius 1 is 1.00 bits per heavy atom. The lowest BCUT2D eigenvalue weighted by Crippen LogP contribution is -1.82. The number of hydrogen-bond acceptors (Lipinski definition) is 3. The van der Waals surface area contributed by atoms with E-state index in [9.17, 15) is 0 Å². The van der Waals surface area contributed by atoms with Crippen molar-refractivity contribution in [2.24, 2.45) is 0 Å². The van der Waals surface area contributed by atoms with Crippen LogP contribution in [0.2, 0.25) is 5.02 Å². The number of aromatic nitrogens is 1. The van der Waals surface area contributed by atoms with Gasteiger partial charge in [0.25, 0.3) is 4.84 Å². The van der Waals surface area contributed by atoms with Gasteiger partial charge in [-0.3, -0.25) is 0 Å². The van der Waals surface area contributed by atoms with Crippen molar-refractivity contribution in [2.75, 3.05) is 6.26 Å². The summed E-state index contributed by atoms with van der Waals surface area (Å²) in [6.45, 7) is 0. The minimum Gasteiger partial charge on any atom is -0.429 e. The first kappa shape index (κ1) is 14.4. The summed E-state index contributed by atoms with van der Waals surface area (Å²) in [5, 5.41) is 0.701. The van der Waals surface area contributed by atoms with Crippen LogP contribution in [0.1, 0.15) is 0 Å². The van der Waals surface area contributed by atoms with Crippen LogP contribution in [-0.4, -0.2) is 11.2 Å². The molecule has 106 valence electrons. The molecule has 0 aliphatic heterocycles. The fourth-order valence-electron chi connectivity index (χ4n) is 2.09. The summed E-state index contributed by atoms with van der Waals surface area (Å²) in [5.41, 5.74) is 2.85. The maximum atomic E-state index is 5.94. The molecule has 0 aliphatic rings. The van der Waals surface area contributed by atoms with Crippen LogP contribution in [0, 0.1) is 4.84 Å². The lowest BCUT2D eigenvalue weighted by Gasteiger charge is -2.03. The molecule has 0 spiro atoms. The molecule has 0 amide bonds. The Morgan fingerprint density at radius 3 is 2.24 bits per heavy atom. The van der Waals surface area contributed by atoms with Crippen LogP contribution >= 0.6 is 35.6 Å². The summed E-state index contributed by atoms with van der Waals surface area (Å²) < 4.78 is 5.68. The number of halogens is 1. The Labute approximate surface area is 137 Å². The van der Waals surface area contributed by atoms with Crippen molar-refractivity contribution < 1.29 is 4.42 Å². The van der Waals surface area contributed by atoms with Gasteiger partial charge < -0.3 is 9.40 Å². The second-order valence-electron chi connectivity index (χ2n) is 4.45. The van der Waals surface area contributed by atoms with Crippen LogP contribution in [0.25, 0.3) is 22.6 Å². The second kappa shape index (κ2) is 6.10. The molecule has 0 unspecified atom stereocenters. The Kier molecular flexibility index (Phi) is 4.19. The second-order valence-corrected chi connectivity index (χ2v) is 6.14. The Balaban J connectivity index is 2.10. The summed E-state index contributed by atoms with van der Waals surface area (Å²) in [4.78, 5) is 4.68. The van der Waals surface area contributed by atoms with Crippen molar-refractivity contribution in [3.63, 3.8) is 0 Å². The lowest BCUT2D eigenvalue weighted by atomic mass is 10.1. The third-order valence-electron chi connectivity index (χ3n) is 3.13. The average Bonchev–Trinajstić information content (AvgIpc) is 2.90. The fourth-order valence-corrected chi connectivity index (χ4v) is 2.81. The van der Waals surface area contributed by atoms with Gasteiger partial charge in [-0.15, -0.1) is 11.8 Å². The van der Waals surface area contributed by atoms with Crippen molar-refractivity contribution in [1.82, 2.24) is 4.98 Å². The van der Waals surface area contributed by atoms with Gasteiger partial charge in [0.05, 0.1) is 5.69 Å². The number of nitrogens with one attached hydrogen (secondary N) is 1. The van der Waals surface area contributed by atoms with E-state index in [0.29, 0.717) is 9.86 Å². The summed E-state index contributed by atoms with van der Waals surface area (Å²) >= 11 is 12.8. The average molecular weight is 334 g/mol. The predicted octanol–water partition coefficient (Wildman–Crippen LogP) is 6.05. The van der Waals surface area contributed by atoms with Crippen molar-refractivity contribution >= 4 is 35.6 Å². The minimum atomic E-state index is 0.365. The molecule has 1 heterocycles. The number of thioether (sulfide) groups is 1. The molecule has 0 fully saturated rings. The molecule has 3 rings (SSSR count). The van der Waals surface area contributed by atoms with Crippen LogP contribution in [0.5, 0.6) is 0 Å². The third kappa shape index (κ3) is 3.07. The van der Waals surface area contributed by atoms with Crippen molar-refractivity contribution in [2.45, 2.75) is 4.90 Å². The maximum absolute atomic E-state index is 5.94. The highest BCUT2D eigenvalue weighted by Crippen LogP contribution is 2.33. The number of rotatable bonds is 3. The van der Waals surface area contributed by atoms with Crippen LogP contribution in [0.15, 0.2) is 57.8 Å². The first-order valence-corrected chi connectivity index (χ1v) is 8.32. The molecule has 1 aromatic heterocycles. The molecule has 1 N–H and O–H groups in total. The normalized spacial score (nSPS) is 10.8. The smallest absolute Gasteiger partial charge is 0.266 e. The molecule has 3 aromatic rings. The lowest BCUT2D eigenvalue weighted by molar-refractivity contribution is 0.554. The summed E-state index contributed by atoms with van der Waals surface area (Å²) in [7, 11) is 0. The van der Waals surface area contributed by atoms with Crippen LogP contribution in [0.3, 0.4) is 0 Å². The van der Waals surface area contributed by atoms with E-state index in [1.54, 1.807) is 11.8 Å². The first-order valence-electron chi connectivity index (χ1n) is 6.31. The number of benzene rings is 2. The van der Waals surface area contributed by atoms with E-state index in [4.69, 9.17) is 28.2 Å². The SMILES string of the molecule is CSc1ccc(-c2oc(=S)[nH]c2-c2ccc(Cl)cc2)cc1. The quantitative estimate of drug-likeness (QED) is 0.467. The summed E-state index contributed by atoms with van der Waals surface area (Å²) in [6.07, 6.45) is 2.05.